The number of amides is 1. The van der Waals surface area contributed by atoms with Crippen LogP contribution in [0.15, 0.2) is 24.3 Å². The Labute approximate surface area is 113 Å². The fourth-order valence-corrected chi connectivity index (χ4v) is 1.64. The van der Waals surface area contributed by atoms with Gasteiger partial charge in [-0.2, -0.15) is 5.26 Å². The zero-order valence-electron chi connectivity index (χ0n) is 11.3. The molecule has 0 aliphatic heterocycles. The number of Topliss-reactive ketones (excluding diaryl/α,β-unsaturated/α-hetero) is 1. The van der Waals surface area contributed by atoms with Crippen LogP contribution in [-0.2, 0) is 4.79 Å². The van der Waals surface area contributed by atoms with Gasteiger partial charge in [0.15, 0.2) is 5.78 Å². The van der Waals surface area contributed by atoms with Crippen molar-refractivity contribution in [3.8, 4) is 6.07 Å². The molecular formula is C15H18N2O2. The highest BCUT2D eigenvalue weighted by atomic mass is 16.2. The van der Waals surface area contributed by atoms with E-state index in [1.807, 2.05) is 25.1 Å². The molecule has 0 saturated heterocycles. The average molecular weight is 258 g/mol. The summed E-state index contributed by atoms with van der Waals surface area (Å²) in [6, 6.07) is 9.31. The third kappa shape index (κ3) is 4.92. The average Bonchev–Trinajstić information content (AvgIpc) is 2.42. The van der Waals surface area contributed by atoms with Crippen LogP contribution in [0.1, 0.15) is 35.2 Å². The van der Waals surface area contributed by atoms with E-state index >= 15 is 0 Å². The number of rotatable bonds is 6. The van der Waals surface area contributed by atoms with Gasteiger partial charge in [-0.25, -0.2) is 0 Å². The van der Waals surface area contributed by atoms with Gasteiger partial charge in [0.2, 0.25) is 5.91 Å². The second-order valence-corrected chi connectivity index (χ2v) is 4.51. The normalized spacial score (nSPS) is 9.74. The highest BCUT2D eigenvalue weighted by Gasteiger charge is 2.12. The minimum atomic E-state index is -0.101. The van der Waals surface area contributed by atoms with Crippen molar-refractivity contribution in [3.05, 3.63) is 35.4 Å². The third-order valence-electron chi connectivity index (χ3n) is 2.92. The minimum Gasteiger partial charge on any atom is -0.345 e. The first-order valence-electron chi connectivity index (χ1n) is 6.25. The Hall–Kier alpha value is -2.15. The fourth-order valence-electron chi connectivity index (χ4n) is 1.64. The van der Waals surface area contributed by atoms with E-state index in [0.717, 1.165) is 5.56 Å². The molecule has 0 atom stereocenters. The topological polar surface area (TPSA) is 61.2 Å². The number of benzene rings is 1. The van der Waals surface area contributed by atoms with E-state index in [4.69, 9.17) is 5.26 Å². The summed E-state index contributed by atoms with van der Waals surface area (Å²) in [6.07, 6.45) is 0.710. The van der Waals surface area contributed by atoms with Crippen molar-refractivity contribution < 1.29 is 9.59 Å². The number of ketones is 1. The smallest absolute Gasteiger partial charge is 0.222 e. The molecule has 0 spiro atoms. The Morgan fingerprint density at radius 1 is 1.21 bits per heavy atom. The number of hydrogen-bond acceptors (Lipinski definition) is 3. The molecule has 1 amide bonds. The Kier molecular flexibility index (Phi) is 5.74. The van der Waals surface area contributed by atoms with Crippen LogP contribution in [0.3, 0.4) is 0 Å². The Morgan fingerprint density at radius 3 is 2.42 bits per heavy atom. The fraction of sp³-hybridized carbons (Fsp3) is 0.400. The van der Waals surface area contributed by atoms with E-state index in [1.54, 1.807) is 19.2 Å². The van der Waals surface area contributed by atoms with Gasteiger partial charge in [-0.3, -0.25) is 9.59 Å². The molecule has 0 heterocycles. The van der Waals surface area contributed by atoms with E-state index in [9.17, 15) is 9.59 Å². The van der Waals surface area contributed by atoms with Crippen LogP contribution in [0.5, 0.6) is 0 Å². The van der Waals surface area contributed by atoms with Crippen molar-refractivity contribution >= 4 is 11.7 Å². The molecule has 4 nitrogen and oxygen atoms in total. The van der Waals surface area contributed by atoms with E-state index in [1.165, 1.54) is 4.90 Å². The maximum Gasteiger partial charge on any atom is 0.222 e. The lowest BCUT2D eigenvalue weighted by Crippen LogP contribution is -2.27. The van der Waals surface area contributed by atoms with E-state index in [-0.39, 0.29) is 24.5 Å². The number of carbonyl (C=O) groups is 2. The van der Waals surface area contributed by atoms with Crippen LogP contribution < -0.4 is 0 Å². The van der Waals surface area contributed by atoms with Gasteiger partial charge < -0.3 is 4.90 Å². The molecule has 0 saturated carbocycles. The molecule has 1 aromatic rings. The van der Waals surface area contributed by atoms with Gasteiger partial charge in [-0.1, -0.05) is 29.8 Å². The van der Waals surface area contributed by atoms with Gasteiger partial charge in [0.25, 0.3) is 0 Å². The van der Waals surface area contributed by atoms with Crippen LogP contribution in [0.25, 0.3) is 0 Å². The van der Waals surface area contributed by atoms with Crippen LogP contribution in [0.4, 0.5) is 0 Å². The van der Waals surface area contributed by atoms with Crippen molar-refractivity contribution in [1.29, 1.82) is 5.26 Å². The predicted molar refractivity (Wildman–Crippen MR) is 72.6 cm³/mol. The summed E-state index contributed by atoms with van der Waals surface area (Å²) in [5.74, 6) is -0.127. The quantitative estimate of drug-likeness (QED) is 0.736. The first kappa shape index (κ1) is 14.9. The highest BCUT2D eigenvalue weighted by Crippen LogP contribution is 2.08. The Morgan fingerprint density at radius 2 is 1.84 bits per heavy atom. The van der Waals surface area contributed by atoms with Gasteiger partial charge in [0, 0.05) is 32.0 Å². The molecule has 0 unspecified atom stereocenters. The molecule has 0 fully saturated rings. The molecule has 0 aromatic heterocycles. The van der Waals surface area contributed by atoms with Crippen LogP contribution in [0.2, 0.25) is 0 Å². The number of nitriles is 1. The second-order valence-electron chi connectivity index (χ2n) is 4.51. The standard InChI is InChI=1S/C15H18N2O2/c1-12-4-6-13(7-5-12)14(18)8-9-15(19)17(2)11-3-10-16/h4-7H,3,8-9,11H2,1-2H3. The number of carbonyl (C=O) groups excluding carboxylic acids is 2. The molecule has 19 heavy (non-hydrogen) atoms. The molecule has 0 bridgehead atoms. The molecule has 0 aliphatic rings. The molecule has 0 N–H and O–H groups in total. The zero-order chi connectivity index (χ0) is 14.3. The van der Waals surface area contributed by atoms with Crippen LogP contribution >= 0.6 is 0 Å². The lowest BCUT2D eigenvalue weighted by atomic mass is 10.0. The van der Waals surface area contributed by atoms with Gasteiger partial charge in [0.1, 0.15) is 0 Å². The van der Waals surface area contributed by atoms with Crippen molar-refractivity contribution in [2.75, 3.05) is 13.6 Å². The third-order valence-corrected chi connectivity index (χ3v) is 2.92. The lowest BCUT2D eigenvalue weighted by Gasteiger charge is -2.14. The molecule has 0 radical (unpaired) electrons. The van der Waals surface area contributed by atoms with Crippen LogP contribution in [0, 0.1) is 18.3 Å². The van der Waals surface area contributed by atoms with Crippen molar-refractivity contribution in [3.63, 3.8) is 0 Å². The van der Waals surface area contributed by atoms with E-state index in [0.29, 0.717) is 18.5 Å². The summed E-state index contributed by atoms with van der Waals surface area (Å²) < 4.78 is 0. The van der Waals surface area contributed by atoms with E-state index < -0.39 is 0 Å². The van der Waals surface area contributed by atoms with Gasteiger partial charge in [-0.15, -0.1) is 0 Å². The van der Waals surface area contributed by atoms with Crippen molar-refractivity contribution in [2.45, 2.75) is 26.2 Å². The maximum absolute atomic E-state index is 11.9. The summed E-state index contributed by atoms with van der Waals surface area (Å²) in [6.45, 7) is 2.37. The number of hydrogen-bond donors (Lipinski definition) is 0. The first-order chi connectivity index (χ1) is 9.04. The second kappa shape index (κ2) is 7.32. The van der Waals surface area contributed by atoms with Gasteiger partial charge in [-0.05, 0) is 6.92 Å². The summed E-state index contributed by atoms with van der Waals surface area (Å²) in [5, 5.41) is 8.44. The van der Waals surface area contributed by atoms with E-state index in [2.05, 4.69) is 0 Å². The summed E-state index contributed by atoms with van der Waals surface area (Å²) in [4.78, 5) is 25.1. The molecule has 4 heteroatoms. The maximum atomic E-state index is 11.9. The summed E-state index contributed by atoms with van der Waals surface area (Å²) in [7, 11) is 1.65. The van der Waals surface area contributed by atoms with Gasteiger partial charge >= 0.3 is 0 Å². The first-order valence-corrected chi connectivity index (χ1v) is 6.25. The molecular weight excluding hydrogens is 240 g/mol. The zero-order valence-corrected chi connectivity index (χ0v) is 11.3. The molecule has 1 rings (SSSR count). The summed E-state index contributed by atoms with van der Waals surface area (Å²) in [5.41, 5.74) is 1.74. The van der Waals surface area contributed by atoms with Crippen molar-refractivity contribution in [1.82, 2.24) is 4.90 Å². The summed E-state index contributed by atoms with van der Waals surface area (Å²) >= 11 is 0. The molecule has 100 valence electrons. The number of nitrogens with zero attached hydrogens (tertiary/aromatic N) is 2. The SMILES string of the molecule is Cc1ccc(C(=O)CCC(=O)N(C)CCC#N)cc1. The molecule has 1 aromatic carbocycles. The lowest BCUT2D eigenvalue weighted by molar-refractivity contribution is -0.129. The Bertz CT molecular complexity index is 486. The molecule has 0 aliphatic carbocycles. The monoisotopic (exact) mass is 258 g/mol. The Balaban J connectivity index is 2.44. The number of aryl methyl sites for hydroxylation is 1. The highest BCUT2D eigenvalue weighted by molar-refractivity contribution is 5.97. The minimum absolute atomic E-state index is 0.0259. The largest absolute Gasteiger partial charge is 0.345 e. The van der Waals surface area contributed by atoms with Crippen LogP contribution in [-0.4, -0.2) is 30.2 Å². The van der Waals surface area contributed by atoms with Gasteiger partial charge in [0.05, 0.1) is 12.5 Å². The van der Waals surface area contributed by atoms with Crippen molar-refractivity contribution in [2.24, 2.45) is 0 Å². The predicted octanol–water partition coefficient (Wildman–Crippen LogP) is 2.33.